The molecule has 2 aliphatic carbocycles. The summed E-state index contributed by atoms with van der Waals surface area (Å²) in [5.41, 5.74) is 2.52. The highest BCUT2D eigenvalue weighted by atomic mass is 32.1. The van der Waals surface area contributed by atoms with E-state index in [1.165, 1.54) is 11.3 Å². The Morgan fingerprint density at radius 1 is 1.17 bits per heavy atom. The Balaban J connectivity index is 1.03. The van der Waals surface area contributed by atoms with Crippen LogP contribution in [0.25, 0.3) is 21.3 Å². The van der Waals surface area contributed by atoms with E-state index in [2.05, 4.69) is 22.1 Å². The van der Waals surface area contributed by atoms with E-state index in [4.69, 9.17) is 23.9 Å². The Hall–Kier alpha value is -3.27. The van der Waals surface area contributed by atoms with Gasteiger partial charge in [0, 0.05) is 50.3 Å². The van der Waals surface area contributed by atoms with Gasteiger partial charge in [-0.1, -0.05) is 16.3 Å². The van der Waals surface area contributed by atoms with Crippen molar-refractivity contribution in [2.45, 2.75) is 69.9 Å². The lowest BCUT2D eigenvalue weighted by molar-refractivity contribution is -0.684. The molecule has 260 valence electrons. The van der Waals surface area contributed by atoms with Gasteiger partial charge in [0.05, 0.1) is 55.4 Å². The molecule has 14 heteroatoms. The second-order valence-electron chi connectivity index (χ2n) is 13.0. The highest BCUT2D eigenvalue weighted by Gasteiger charge is 2.41. The molecule has 3 heterocycles. The van der Waals surface area contributed by atoms with E-state index in [9.17, 15) is 14.7 Å². The van der Waals surface area contributed by atoms with Crippen molar-refractivity contribution >= 4 is 38.5 Å². The van der Waals surface area contributed by atoms with Crippen LogP contribution in [-0.4, -0.2) is 115 Å². The van der Waals surface area contributed by atoms with Crippen molar-refractivity contribution in [2.75, 3.05) is 59.0 Å². The highest BCUT2D eigenvalue weighted by molar-refractivity contribution is 7.22. The van der Waals surface area contributed by atoms with Gasteiger partial charge in [0.15, 0.2) is 17.9 Å². The second kappa shape index (κ2) is 15.5. The van der Waals surface area contributed by atoms with Crippen molar-refractivity contribution in [1.82, 2.24) is 19.8 Å². The topological polar surface area (TPSA) is 139 Å². The first kappa shape index (κ1) is 34.6. The Labute approximate surface area is 285 Å². The molecule has 2 N–H and O–H groups in total. The van der Waals surface area contributed by atoms with Crippen LogP contribution >= 0.6 is 11.3 Å². The number of carbonyl (C=O) groups excluding carboxylic acids is 2. The third-order valence-electron chi connectivity index (χ3n) is 9.84. The Kier molecular flexibility index (Phi) is 11.2. The number of carbonyl (C=O) groups is 2. The lowest BCUT2D eigenvalue weighted by Crippen LogP contribution is -2.60. The van der Waals surface area contributed by atoms with Gasteiger partial charge in [-0.05, 0) is 51.2 Å². The molecule has 0 bridgehead atoms. The van der Waals surface area contributed by atoms with Crippen molar-refractivity contribution in [3.8, 4) is 16.9 Å². The molecule has 2 amide bonds. The van der Waals surface area contributed by atoms with Gasteiger partial charge in [-0.25, -0.2) is 9.55 Å². The number of nitrogens with zero attached hydrogens (tertiary/aromatic N) is 5. The zero-order valence-electron chi connectivity index (χ0n) is 28.2. The molecule has 0 spiro atoms. The van der Waals surface area contributed by atoms with Gasteiger partial charge in [0.1, 0.15) is 18.6 Å². The average molecular weight is 684 g/mol. The third-order valence-corrected chi connectivity index (χ3v) is 10.8. The second-order valence-corrected chi connectivity index (χ2v) is 14.0. The van der Waals surface area contributed by atoms with E-state index < -0.39 is 6.10 Å². The monoisotopic (exact) mass is 683 g/mol. The van der Waals surface area contributed by atoms with Gasteiger partial charge in [-0.15, -0.1) is 0 Å². The molecule has 48 heavy (non-hydrogen) atoms. The number of fused-ring (bicyclic) bond motifs is 1. The smallest absolute Gasteiger partial charge is 0.323 e. The molecule has 1 saturated heterocycles. The van der Waals surface area contributed by atoms with Gasteiger partial charge in [0.2, 0.25) is 11.8 Å². The zero-order chi connectivity index (χ0) is 33.8. The quantitative estimate of drug-likeness (QED) is 0.204. The van der Waals surface area contributed by atoms with Gasteiger partial charge in [-0.3, -0.25) is 14.5 Å². The number of hydrogen-bond donors (Lipinski definition) is 2. The minimum Gasteiger partial charge on any atom is -0.495 e. The van der Waals surface area contributed by atoms with E-state index in [1.54, 1.807) is 14.2 Å². The van der Waals surface area contributed by atoms with Gasteiger partial charge in [0.25, 0.3) is 0 Å². The van der Waals surface area contributed by atoms with Crippen LogP contribution in [0.4, 0.5) is 5.13 Å². The van der Waals surface area contributed by atoms with Crippen LogP contribution in [0.3, 0.4) is 0 Å². The highest BCUT2D eigenvalue weighted by Crippen LogP contribution is 2.41. The summed E-state index contributed by atoms with van der Waals surface area (Å²) in [6.07, 6.45) is 7.46. The lowest BCUT2D eigenvalue weighted by Gasteiger charge is -2.49. The molecule has 3 aromatic rings. The molecule has 0 radical (unpaired) electrons. The van der Waals surface area contributed by atoms with Crippen LogP contribution < -0.4 is 14.6 Å². The lowest BCUT2D eigenvalue weighted by atomic mass is 9.78. The summed E-state index contributed by atoms with van der Waals surface area (Å²) in [5.74, 6) is 1.37. The first-order valence-corrected chi connectivity index (χ1v) is 17.6. The fraction of sp³-hybridized carbons (Fsp3) is 0.618. The number of anilines is 1. The molecular weight excluding hydrogens is 636 g/mol. The molecule has 1 aromatic carbocycles. The molecule has 6 rings (SSSR count). The maximum absolute atomic E-state index is 13.2. The summed E-state index contributed by atoms with van der Waals surface area (Å²) < 4.78 is 25.0. The van der Waals surface area contributed by atoms with Crippen molar-refractivity contribution < 1.29 is 38.2 Å². The Bertz CT molecular complexity index is 1600. The number of aliphatic hydroxyl groups is 1. The normalized spacial score (nSPS) is 24.5. The fourth-order valence-electron chi connectivity index (χ4n) is 6.98. The minimum atomic E-state index is -0.405. The van der Waals surface area contributed by atoms with Crippen LogP contribution in [0.15, 0.2) is 24.5 Å². The minimum absolute atomic E-state index is 0.00807. The predicted octanol–water partition coefficient (Wildman–Crippen LogP) is 2.53. The number of thiazole rings is 1. The molecule has 1 aliphatic heterocycles. The van der Waals surface area contributed by atoms with Gasteiger partial charge >= 0.3 is 5.82 Å². The van der Waals surface area contributed by atoms with E-state index in [1.807, 2.05) is 41.0 Å². The van der Waals surface area contributed by atoms with E-state index >= 15 is 0 Å². The molecule has 13 nitrogen and oxygen atoms in total. The zero-order valence-corrected chi connectivity index (χ0v) is 29.0. The molecule has 3 aliphatic rings. The molecule has 0 unspecified atom stereocenters. The fourth-order valence-corrected chi connectivity index (χ4v) is 7.97. The van der Waals surface area contributed by atoms with Crippen molar-refractivity contribution in [3.05, 3.63) is 30.4 Å². The standard InChI is InChI=1S/C34H46N6O7S/c1-21-17-39(30(42)20-46-13-12-44-3)10-11-40(21)24-14-22(15-24)33(43)37-34-36-26-9-8-25(31(45-4)32(26)48-34)23-16-35-29(38(2)18-23)19-47-28-7-5-6-27(28)41/h8-9,16,18,21-22,24,27-28,41H,5-7,10-15,17,19-20H2,1-4H3/p+1/t21-,22-,24+,27-,28-/m0/s1. The number of rotatable bonds is 13. The maximum atomic E-state index is 13.2. The summed E-state index contributed by atoms with van der Waals surface area (Å²) in [7, 11) is 5.18. The van der Waals surface area contributed by atoms with Crippen LogP contribution in [0.1, 0.15) is 44.9 Å². The van der Waals surface area contributed by atoms with Crippen LogP contribution in [0.5, 0.6) is 5.75 Å². The van der Waals surface area contributed by atoms with Crippen LogP contribution in [0, 0.1) is 5.92 Å². The van der Waals surface area contributed by atoms with Crippen molar-refractivity contribution in [1.29, 1.82) is 0 Å². The average Bonchev–Trinajstić information content (AvgIpc) is 3.66. The van der Waals surface area contributed by atoms with E-state index in [-0.39, 0.29) is 36.5 Å². The molecule has 3 fully saturated rings. The number of nitrogens with one attached hydrogen (secondary N) is 1. The van der Waals surface area contributed by atoms with Crippen LogP contribution in [0.2, 0.25) is 0 Å². The number of hydrogen-bond acceptors (Lipinski definition) is 11. The number of aromatic nitrogens is 3. The number of amides is 2. The summed E-state index contributed by atoms with van der Waals surface area (Å²) >= 11 is 1.40. The van der Waals surface area contributed by atoms with Gasteiger partial charge in [-0.2, -0.15) is 0 Å². The largest absolute Gasteiger partial charge is 0.495 e. The number of aryl methyl sites for hydroxylation is 1. The first-order valence-electron chi connectivity index (χ1n) is 16.8. The number of benzene rings is 1. The number of methoxy groups -OCH3 is 2. The molecule has 3 atom stereocenters. The summed E-state index contributed by atoms with van der Waals surface area (Å²) in [4.78, 5) is 39.4. The van der Waals surface area contributed by atoms with Crippen molar-refractivity contribution in [2.24, 2.45) is 13.0 Å². The van der Waals surface area contributed by atoms with E-state index in [0.29, 0.717) is 49.8 Å². The summed E-state index contributed by atoms with van der Waals surface area (Å²) in [6.45, 7) is 5.54. The van der Waals surface area contributed by atoms with Crippen molar-refractivity contribution in [3.63, 3.8) is 0 Å². The Morgan fingerprint density at radius 3 is 2.71 bits per heavy atom. The molecular formula is C34H47N6O7S+. The maximum Gasteiger partial charge on any atom is 0.323 e. The predicted molar refractivity (Wildman–Crippen MR) is 180 cm³/mol. The van der Waals surface area contributed by atoms with Crippen LogP contribution in [-0.2, 0) is 37.5 Å². The summed E-state index contributed by atoms with van der Waals surface area (Å²) in [6, 6.07) is 4.45. The number of ether oxygens (including phenoxy) is 4. The molecule has 2 aromatic heterocycles. The van der Waals surface area contributed by atoms with E-state index in [0.717, 1.165) is 65.8 Å². The Morgan fingerprint density at radius 2 is 2.00 bits per heavy atom. The number of piperazine rings is 1. The first-order chi connectivity index (χ1) is 23.2. The van der Waals surface area contributed by atoms with Gasteiger partial charge < -0.3 is 34.3 Å². The third kappa shape index (κ3) is 7.63. The number of aliphatic hydroxyl groups excluding tert-OH is 1. The molecule has 2 saturated carbocycles. The summed E-state index contributed by atoms with van der Waals surface area (Å²) in [5, 5.41) is 13.7. The SMILES string of the molecule is COCCOCC(=O)N1CCN([C@H]2C[C@@H](C(=O)Nc3nc4ccc(-c5cnc(CO[C@H]6CCC[C@@H]6O)[n+](C)c5)c(OC)c4s3)C2)[C@@H](C)C1.